The quantitative estimate of drug-likeness (QED) is 0.316. The number of halogens is 2. The fourth-order valence-corrected chi connectivity index (χ4v) is 4.01. The molecule has 3 rings (SSSR count). The van der Waals surface area contributed by atoms with Gasteiger partial charge in [0.2, 0.25) is 5.91 Å². The van der Waals surface area contributed by atoms with Gasteiger partial charge in [0.25, 0.3) is 0 Å². The highest BCUT2D eigenvalue weighted by atomic mass is 35.5. The number of anilines is 1. The Morgan fingerprint density at radius 1 is 1.20 bits per heavy atom. The van der Waals surface area contributed by atoms with E-state index in [1.807, 2.05) is 34.9 Å². The Hall–Kier alpha value is -2.28. The summed E-state index contributed by atoms with van der Waals surface area (Å²) in [7, 11) is 0. The molecule has 0 saturated carbocycles. The first-order valence-corrected chi connectivity index (χ1v) is 11.2. The van der Waals surface area contributed by atoms with Crippen LogP contribution in [0.2, 0.25) is 10.0 Å². The van der Waals surface area contributed by atoms with Crippen molar-refractivity contribution in [3.05, 3.63) is 70.7 Å². The van der Waals surface area contributed by atoms with Crippen molar-refractivity contribution < 1.29 is 4.79 Å². The van der Waals surface area contributed by atoms with E-state index in [4.69, 9.17) is 23.2 Å². The van der Waals surface area contributed by atoms with Gasteiger partial charge in [-0.3, -0.25) is 9.36 Å². The Balaban J connectivity index is 1.75. The normalized spacial score (nSPS) is 11.0. The summed E-state index contributed by atoms with van der Waals surface area (Å²) in [6.07, 6.45) is 1.76. The van der Waals surface area contributed by atoms with Crippen LogP contribution >= 0.6 is 35.0 Å². The first-order valence-electron chi connectivity index (χ1n) is 9.41. The van der Waals surface area contributed by atoms with Crippen molar-refractivity contribution in [3.8, 4) is 11.4 Å². The maximum atomic E-state index is 12.5. The van der Waals surface area contributed by atoms with Gasteiger partial charge in [-0.05, 0) is 35.7 Å². The van der Waals surface area contributed by atoms with Crippen molar-refractivity contribution in [2.75, 3.05) is 11.1 Å². The Morgan fingerprint density at radius 2 is 1.97 bits per heavy atom. The van der Waals surface area contributed by atoms with Gasteiger partial charge in [0.15, 0.2) is 11.0 Å². The Kier molecular flexibility index (Phi) is 7.58. The zero-order valence-corrected chi connectivity index (χ0v) is 19.1. The molecule has 1 N–H and O–H groups in total. The van der Waals surface area contributed by atoms with Crippen molar-refractivity contribution in [3.63, 3.8) is 0 Å². The summed E-state index contributed by atoms with van der Waals surface area (Å²) in [5.41, 5.74) is 2.73. The molecule has 1 aromatic heterocycles. The molecule has 0 unspecified atom stereocenters. The lowest BCUT2D eigenvalue weighted by atomic mass is 10.0. The predicted octanol–water partition coefficient (Wildman–Crippen LogP) is 6.29. The van der Waals surface area contributed by atoms with Crippen molar-refractivity contribution in [1.29, 1.82) is 0 Å². The first-order chi connectivity index (χ1) is 14.4. The number of nitrogens with zero attached hydrogens (tertiary/aromatic N) is 3. The van der Waals surface area contributed by atoms with Crippen LogP contribution in [0.25, 0.3) is 11.4 Å². The largest absolute Gasteiger partial charge is 0.325 e. The molecular formula is C22H22Cl2N4OS. The molecule has 0 aliphatic heterocycles. The molecule has 5 nitrogen and oxygen atoms in total. The molecule has 8 heteroatoms. The van der Waals surface area contributed by atoms with E-state index in [9.17, 15) is 4.79 Å². The summed E-state index contributed by atoms with van der Waals surface area (Å²) < 4.78 is 1.90. The number of hydrogen-bond donors (Lipinski definition) is 1. The van der Waals surface area contributed by atoms with Gasteiger partial charge < -0.3 is 5.32 Å². The van der Waals surface area contributed by atoms with E-state index in [1.54, 1.807) is 18.2 Å². The van der Waals surface area contributed by atoms with Crippen LogP contribution in [-0.4, -0.2) is 26.4 Å². The standard InChI is InChI=1S/C22H22Cl2N4OS/c1-4-11-28-21(15-9-10-17(23)18(24)12-15)26-27-22(28)30-13-20(29)25-19-8-6-5-7-16(19)14(2)3/h4-10,12,14H,1,11,13H2,2-3H3,(H,25,29). The van der Waals surface area contributed by atoms with Crippen molar-refractivity contribution in [2.45, 2.75) is 31.5 Å². The van der Waals surface area contributed by atoms with Gasteiger partial charge in [0.1, 0.15) is 0 Å². The van der Waals surface area contributed by atoms with Gasteiger partial charge >= 0.3 is 0 Å². The first kappa shape index (κ1) is 22.4. The van der Waals surface area contributed by atoms with Crippen LogP contribution in [-0.2, 0) is 11.3 Å². The number of allylic oxidation sites excluding steroid dienone is 1. The summed E-state index contributed by atoms with van der Waals surface area (Å²) >= 11 is 13.5. The summed E-state index contributed by atoms with van der Waals surface area (Å²) in [5, 5.41) is 13.1. The van der Waals surface area contributed by atoms with Gasteiger partial charge in [0.05, 0.1) is 15.8 Å². The fourth-order valence-electron chi connectivity index (χ4n) is 2.97. The molecule has 1 heterocycles. The number of para-hydroxylation sites is 1. The van der Waals surface area contributed by atoms with Crippen LogP contribution in [0.15, 0.2) is 60.3 Å². The third-order valence-electron chi connectivity index (χ3n) is 4.40. The SMILES string of the molecule is C=CCn1c(SCC(=O)Nc2ccccc2C(C)C)nnc1-c1ccc(Cl)c(Cl)c1. The molecule has 0 fully saturated rings. The zero-order valence-electron chi connectivity index (χ0n) is 16.7. The number of carbonyl (C=O) groups excluding carboxylic acids is 1. The van der Waals surface area contributed by atoms with Gasteiger partial charge in [-0.25, -0.2) is 0 Å². The van der Waals surface area contributed by atoms with E-state index < -0.39 is 0 Å². The summed E-state index contributed by atoms with van der Waals surface area (Å²) in [6, 6.07) is 13.1. The number of aromatic nitrogens is 3. The van der Waals surface area contributed by atoms with Crippen molar-refractivity contribution in [1.82, 2.24) is 14.8 Å². The van der Waals surface area contributed by atoms with Gasteiger partial charge in [-0.2, -0.15) is 0 Å². The van der Waals surface area contributed by atoms with Crippen LogP contribution in [0.1, 0.15) is 25.3 Å². The van der Waals surface area contributed by atoms with Crippen LogP contribution in [0.4, 0.5) is 5.69 Å². The molecule has 156 valence electrons. The Bertz CT molecular complexity index is 1070. The van der Waals surface area contributed by atoms with E-state index in [2.05, 4.69) is 35.9 Å². The Morgan fingerprint density at radius 3 is 2.67 bits per heavy atom. The van der Waals surface area contributed by atoms with E-state index in [0.29, 0.717) is 33.5 Å². The number of amides is 1. The second-order valence-corrected chi connectivity index (χ2v) is 8.67. The van der Waals surface area contributed by atoms with E-state index >= 15 is 0 Å². The lowest BCUT2D eigenvalue weighted by Gasteiger charge is -2.13. The molecule has 0 saturated heterocycles. The van der Waals surface area contributed by atoms with Crippen LogP contribution in [0.3, 0.4) is 0 Å². The molecule has 30 heavy (non-hydrogen) atoms. The maximum absolute atomic E-state index is 12.5. The minimum absolute atomic E-state index is 0.0997. The van der Waals surface area contributed by atoms with Gasteiger partial charge in [0, 0.05) is 17.8 Å². The Labute approximate surface area is 190 Å². The minimum atomic E-state index is -0.0997. The molecule has 0 bridgehead atoms. The number of hydrogen-bond acceptors (Lipinski definition) is 4. The second-order valence-electron chi connectivity index (χ2n) is 6.91. The molecule has 1 amide bonds. The minimum Gasteiger partial charge on any atom is -0.325 e. The lowest BCUT2D eigenvalue weighted by molar-refractivity contribution is -0.113. The molecular weight excluding hydrogens is 439 g/mol. The summed E-state index contributed by atoms with van der Waals surface area (Å²) in [6.45, 7) is 8.51. The number of nitrogens with one attached hydrogen (secondary N) is 1. The molecule has 0 spiro atoms. The topological polar surface area (TPSA) is 59.8 Å². The molecule has 0 radical (unpaired) electrons. The average molecular weight is 461 g/mol. The third-order valence-corrected chi connectivity index (χ3v) is 6.10. The number of thioether (sulfide) groups is 1. The lowest BCUT2D eigenvalue weighted by Crippen LogP contribution is -2.16. The highest BCUT2D eigenvalue weighted by Crippen LogP contribution is 2.30. The highest BCUT2D eigenvalue weighted by Gasteiger charge is 2.16. The van der Waals surface area contributed by atoms with Crippen molar-refractivity contribution in [2.24, 2.45) is 0 Å². The van der Waals surface area contributed by atoms with E-state index in [-0.39, 0.29) is 11.7 Å². The van der Waals surface area contributed by atoms with Crippen molar-refractivity contribution >= 4 is 46.6 Å². The maximum Gasteiger partial charge on any atom is 0.234 e. The van der Waals surface area contributed by atoms with E-state index in [1.165, 1.54) is 11.8 Å². The van der Waals surface area contributed by atoms with Crippen LogP contribution in [0.5, 0.6) is 0 Å². The molecule has 0 aliphatic rings. The number of rotatable bonds is 8. The number of carbonyl (C=O) groups is 1. The number of benzene rings is 2. The van der Waals surface area contributed by atoms with E-state index in [0.717, 1.165) is 16.8 Å². The van der Waals surface area contributed by atoms with Gasteiger partial charge in [-0.1, -0.05) is 73.1 Å². The summed E-state index contributed by atoms with van der Waals surface area (Å²) in [5.74, 6) is 1.07. The predicted molar refractivity (Wildman–Crippen MR) is 126 cm³/mol. The molecule has 3 aromatic rings. The molecule has 0 aliphatic carbocycles. The van der Waals surface area contributed by atoms with Gasteiger partial charge in [-0.15, -0.1) is 16.8 Å². The zero-order chi connectivity index (χ0) is 21.7. The van der Waals surface area contributed by atoms with Crippen LogP contribution in [0, 0.1) is 0 Å². The van der Waals surface area contributed by atoms with Crippen LogP contribution < -0.4 is 5.32 Å². The fraction of sp³-hybridized carbons (Fsp3) is 0.227. The second kappa shape index (κ2) is 10.2. The average Bonchev–Trinajstić information content (AvgIpc) is 3.11. The molecule has 0 atom stereocenters. The highest BCUT2D eigenvalue weighted by molar-refractivity contribution is 7.99. The third kappa shape index (κ3) is 5.25. The smallest absolute Gasteiger partial charge is 0.234 e. The molecule has 2 aromatic carbocycles. The summed E-state index contributed by atoms with van der Waals surface area (Å²) in [4.78, 5) is 12.5. The monoisotopic (exact) mass is 460 g/mol.